The molecule has 0 aliphatic rings. The lowest BCUT2D eigenvalue weighted by molar-refractivity contribution is 0.659. The van der Waals surface area contributed by atoms with Crippen molar-refractivity contribution in [2.45, 2.75) is 13.5 Å². The van der Waals surface area contributed by atoms with Crippen molar-refractivity contribution < 1.29 is 0 Å². The third-order valence-electron chi connectivity index (χ3n) is 2.39. The lowest BCUT2D eigenvalue weighted by atomic mass is 10.4. The van der Waals surface area contributed by atoms with Gasteiger partial charge in [-0.2, -0.15) is 0 Å². The van der Waals surface area contributed by atoms with Crippen LogP contribution < -0.4 is 5.56 Å². The fourth-order valence-corrected chi connectivity index (χ4v) is 1.81. The molecule has 2 heterocycles. The first-order valence-electron chi connectivity index (χ1n) is 4.77. The van der Waals surface area contributed by atoms with E-state index in [9.17, 15) is 4.79 Å². The van der Waals surface area contributed by atoms with E-state index in [1.165, 1.54) is 0 Å². The maximum atomic E-state index is 11.9. The third kappa shape index (κ3) is 2.01. The van der Waals surface area contributed by atoms with E-state index >= 15 is 0 Å². The molecule has 0 atom stereocenters. The van der Waals surface area contributed by atoms with E-state index in [0.29, 0.717) is 10.1 Å². The Kier molecular flexibility index (Phi) is 3.08. The Bertz CT molecular complexity index is 572. The average molecular weight is 330 g/mol. The normalized spacial score (nSPS) is 10.7. The fraction of sp³-hybridized carbons (Fsp3) is 0.300. The van der Waals surface area contributed by atoms with Crippen LogP contribution in [0, 0.1) is 10.5 Å². The number of halogens is 1. The Balaban J connectivity index is 2.40. The molecule has 6 heteroatoms. The highest BCUT2D eigenvalue weighted by Crippen LogP contribution is 2.03. The zero-order valence-corrected chi connectivity index (χ0v) is 11.2. The Morgan fingerprint density at radius 3 is 2.81 bits per heavy atom. The average Bonchev–Trinajstić information content (AvgIpc) is 2.65. The summed E-state index contributed by atoms with van der Waals surface area (Å²) in [5, 5.41) is 0. The molecular formula is C10H11IN4O. The molecule has 84 valence electrons. The molecule has 0 saturated heterocycles. The Morgan fingerprint density at radius 2 is 2.19 bits per heavy atom. The number of hydrogen-bond donors (Lipinski definition) is 0. The molecule has 0 amide bonds. The fourth-order valence-electron chi connectivity index (χ4n) is 1.36. The van der Waals surface area contributed by atoms with Crippen LogP contribution in [0.4, 0.5) is 0 Å². The van der Waals surface area contributed by atoms with Gasteiger partial charge in [0.15, 0.2) is 0 Å². The van der Waals surface area contributed by atoms with Gasteiger partial charge in [-0.3, -0.25) is 9.36 Å². The van der Waals surface area contributed by atoms with Crippen LogP contribution in [-0.2, 0) is 13.6 Å². The minimum Gasteiger partial charge on any atom is -0.337 e. The van der Waals surface area contributed by atoms with Gasteiger partial charge >= 0.3 is 0 Å². The first-order valence-corrected chi connectivity index (χ1v) is 5.85. The van der Waals surface area contributed by atoms with Crippen LogP contribution in [0.15, 0.2) is 23.5 Å². The molecule has 0 aliphatic heterocycles. The number of hydrogen-bond acceptors (Lipinski definition) is 3. The lowest BCUT2D eigenvalue weighted by Crippen LogP contribution is -2.25. The van der Waals surface area contributed by atoms with E-state index in [2.05, 4.69) is 9.97 Å². The van der Waals surface area contributed by atoms with Crippen LogP contribution >= 0.6 is 22.6 Å². The van der Waals surface area contributed by atoms with Gasteiger partial charge in [0.05, 0.1) is 22.1 Å². The molecule has 16 heavy (non-hydrogen) atoms. The summed E-state index contributed by atoms with van der Waals surface area (Å²) in [6.45, 7) is 2.28. The van der Waals surface area contributed by atoms with Gasteiger partial charge in [-0.15, -0.1) is 0 Å². The molecule has 0 bridgehead atoms. The molecule has 0 aliphatic carbocycles. The highest BCUT2D eigenvalue weighted by atomic mass is 127. The second kappa shape index (κ2) is 4.36. The zero-order valence-electron chi connectivity index (χ0n) is 9.01. The SMILES string of the molecule is Cc1ncn(Cc2nccn2C)c(=O)c1I. The molecule has 0 fully saturated rings. The van der Waals surface area contributed by atoms with Crippen molar-refractivity contribution in [3.8, 4) is 0 Å². The van der Waals surface area contributed by atoms with E-state index in [-0.39, 0.29) is 5.56 Å². The van der Waals surface area contributed by atoms with E-state index < -0.39 is 0 Å². The molecule has 0 saturated carbocycles. The van der Waals surface area contributed by atoms with Crippen LogP contribution in [0.2, 0.25) is 0 Å². The van der Waals surface area contributed by atoms with Crippen molar-refractivity contribution >= 4 is 22.6 Å². The minimum absolute atomic E-state index is 0.0175. The Labute approximate surface area is 106 Å². The molecule has 0 spiro atoms. The van der Waals surface area contributed by atoms with Crippen molar-refractivity contribution in [3.05, 3.63) is 44.2 Å². The van der Waals surface area contributed by atoms with Gasteiger partial charge < -0.3 is 4.57 Å². The van der Waals surface area contributed by atoms with Gasteiger partial charge in [0.2, 0.25) is 0 Å². The lowest BCUT2D eigenvalue weighted by Gasteiger charge is -2.06. The molecule has 2 rings (SSSR count). The van der Waals surface area contributed by atoms with Crippen LogP contribution in [-0.4, -0.2) is 19.1 Å². The van der Waals surface area contributed by atoms with Crippen molar-refractivity contribution in [1.29, 1.82) is 0 Å². The smallest absolute Gasteiger partial charge is 0.267 e. The van der Waals surface area contributed by atoms with Crippen LogP contribution in [0.1, 0.15) is 11.5 Å². The molecule has 0 aromatic carbocycles. The molecule has 0 radical (unpaired) electrons. The number of rotatable bonds is 2. The van der Waals surface area contributed by atoms with E-state index in [1.54, 1.807) is 17.1 Å². The quantitative estimate of drug-likeness (QED) is 0.770. The summed E-state index contributed by atoms with van der Waals surface area (Å²) < 4.78 is 4.12. The van der Waals surface area contributed by atoms with Crippen molar-refractivity contribution in [2.75, 3.05) is 0 Å². The molecule has 2 aromatic rings. The van der Waals surface area contributed by atoms with Crippen LogP contribution in [0.3, 0.4) is 0 Å². The highest BCUT2D eigenvalue weighted by Gasteiger charge is 2.07. The maximum Gasteiger partial charge on any atom is 0.267 e. The summed E-state index contributed by atoms with van der Waals surface area (Å²) in [6.07, 6.45) is 5.13. The largest absolute Gasteiger partial charge is 0.337 e. The molecular weight excluding hydrogens is 319 g/mol. The number of aryl methyl sites for hydroxylation is 2. The predicted octanol–water partition coefficient (Wildman–Crippen LogP) is 0.938. The van der Waals surface area contributed by atoms with E-state index in [1.807, 2.05) is 47.3 Å². The first-order chi connectivity index (χ1) is 7.59. The standard InChI is InChI=1S/C10H11IN4O/c1-7-9(11)10(16)15(6-13-7)5-8-12-3-4-14(8)2/h3-4,6H,5H2,1-2H3. The maximum absolute atomic E-state index is 11.9. The molecule has 0 N–H and O–H groups in total. The van der Waals surface area contributed by atoms with E-state index in [0.717, 1.165) is 11.5 Å². The molecule has 0 unspecified atom stereocenters. The third-order valence-corrected chi connectivity index (χ3v) is 3.63. The second-order valence-corrected chi connectivity index (χ2v) is 4.61. The highest BCUT2D eigenvalue weighted by molar-refractivity contribution is 14.1. The summed E-state index contributed by atoms with van der Waals surface area (Å²) >= 11 is 2.02. The summed E-state index contributed by atoms with van der Waals surface area (Å²) in [5.74, 6) is 0.837. The van der Waals surface area contributed by atoms with Crippen LogP contribution in [0.5, 0.6) is 0 Å². The summed E-state index contributed by atoms with van der Waals surface area (Å²) in [4.78, 5) is 20.3. The Morgan fingerprint density at radius 1 is 1.44 bits per heavy atom. The molecule has 2 aromatic heterocycles. The van der Waals surface area contributed by atoms with Gasteiger partial charge in [-0.1, -0.05) is 0 Å². The van der Waals surface area contributed by atoms with Crippen LogP contribution in [0.25, 0.3) is 0 Å². The van der Waals surface area contributed by atoms with Gasteiger partial charge in [0.1, 0.15) is 5.82 Å². The van der Waals surface area contributed by atoms with Crippen molar-refractivity contribution in [1.82, 2.24) is 19.1 Å². The second-order valence-electron chi connectivity index (χ2n) is 3.53. The monoisotopic (exact) mass is 330 g/mol. The summed E-state index contributed by atoms with van der Waals surface area (Å²) in [5.41, 5.74) is 0.748. The number of aromatic nitrogens is 4. The van der Waals surface area contributed by atoms with Gasteiger partial charge in [-0.05, 0) is 29.5 Å². The predicted molar refractivity (Wildman–Crippen MR) is 68.3 cm³/mol. The first kappa shape index (κ1) is 11.3. The number of imidazole rings is 1. The Hall–Kier alpha value is -1.18. The summed E-state index contributed by atoms with van der Waals surface area (Å²) in [6, 6.07) is 0. The van der Waals surface area contributed by atoms with E-state index in [4.69, 9.17) is 0 Å². The number of nitrogens with zero attached hydrogens (tertiary/aromatic N) is 4. The van der Waals surface area contributed by atoms with Gasteiger partial charge in [0.25, 0.3) is 5.56 Å². The minimum atomic E-state index is -0.0175. The van der Waals surface area contributed by atoms with Crippen molar-refractivity contribution in [2.24, 2.45) is 7.05 Å². The van der Waals surface area contributed by atoms with Crippen molar-refractivity contribution in [3.63, 3.8) is 0 Å². The van der Waals surface area contributed by atoms with Gasteiger partial charge in [0, 0.05) is 19.4 Å². The van der Waals surface area contributed by atoms with Gasteiger partial charge in [-0.25, -0.2) is 9.97 Å². The molecule has 5 nitrogen and oxygen atoms in total. The zero-order chi connectivity index (χ0) is 11.7. The summed E-state index contributed by atoms with van der Waals surface area (Å²) in [7, 11) is 1.90. The topological polar surface area (TPSA) is 52.7 Å².